The van der Waals surface area contributed by atoms with Crippen LogP contribution in [0.5, 0.6) is 0 Å². The molecule has 1 aromatic heterocycles. The second-order valence-electron chi connectivity index (χ2n) is 5.50. The molecule has 2 aromatic carbocycles. The molecular formula is C20H18ClN. The van der Waals surface area contributed by atoms with E-state index < -0.39 is 0 Å². The Kier molecular flexibility index (Phi) is 4.55. The minimum Gasteiger partial charge on any atom is -0.259 e. The Morgan fingerprint density at radius 1 is 0.909 bits per heavy atom. The van der Waals surface area contributed by atoms with Gasteiger partial charge in [0.05, 0.1) is 5.02 Å². The molecule has 0 aliphatic rings. The van der Waals surface area contributed by atoms with Crippen molar-refractivity contribution in [1.82, 2.24) is 4.98 Å². The van der Waals surface area contributed by atoms with Crippen LogP contribution < -0.4 is 0 Å². The van der Waals surface area contributed by atoms with Gasteiger partial charge in [-0.3, -0.25) is 4.98 Å². The number of benzene rings is 2. The third-order valence-corrected chi connectivity index (χ3v) is 4.18. The van der Waals surface area contributed by atoms with Crippen molar-refractivity contribution in [1.29, 1.82) is 0 Å². The van der Waals surface area contributed by atoms with Gasteiger partial charge in [0.15, 0.2) is 0 Å². The Morgan fingerprint density at radius 2 is 1.64 bits per heavy atom. The smallest absolute Gasteiger partial charge is 0.0589 e. The maximum absolute atomic E-state index is 5.99. The average Bonchev–Trinajstić information content (AvgIpc) is 2.55. The number of aromatic nitrogens is 1. The van der Waals surface area contributed by atoms with Crippen LogP contribution in [0.15, 0.2) is 72.9 Å². The van der Waals surface area contributed by atoms with Crippen LogP contribution >= 0.6 is 11.6 Å². The number of hydrogen-bond acceptors (Lipinski definition) is 1. The van der Waals surface area contributed by atoms with Gasteiger partial charge in [-0.25, -0.2) is 0 Å². The molecule has 0 aliphatic carbocycles. The normalized spacial score (nSPS) is 12.1. The van der Waals surface area contributed by atoms with E-state index in [1.54, 1.807) is 6.20 Å². The highest BCUT2D eigenvalue weighted by atomic mass is 35.5. The molecule has 0 saturated carbocycles. The van der Waals surface area contributed by atoms with Gasteiger partial charge in [-0.15, -0.1) is 0 Å². The van der Waals surface area contributed by atoms with E-state index >= 15 is 0 Å². The fourth-order valence-electron chi connectivity index (χ4n) is 2.79. The van der Waals surface area contributed by atoms with Gasteiger partial charge in [0.25, 0.3) is 0 Å². The van der Waals surface area contributed by atoms with Crippen molar-refractivity contribution >= 4 is 11.6 Å². The molecule has 0 spiro atoms. The van der Waals surface area contributed by atoms with Crippen molar-refractivity contribution in [2.45, 2.75) is 19.3 Å². The summed E-state index contributed by atoms with van der Waals surface area (Å²) in [5.41, 5.74) is 4.98. The van der Waals surface area contributed by atoms with Crippen molar-refractivity contribution in [3.63, 3.8) is 0 Å². The van der Waals surface area contributed by atoms with Crippen LogP contribution in [0.1, 0.15) is 28.3 Å². The predicted octanol–water partition coefficient (Wildman–Crippen LogP) is 5.42. The number of halogens is 1. The lowest BCUT2D eigenvalue weighted by Crippen LogP contribution is -2.08. The lowest BCUT2D eigenvalue weighted by atomic mass is 9.86. The molecule has 2 heteroatoms. The van der Waals surface area contributed by atoms with E-state index in [0.717, 1.165) is 12.1 Å². The molecule has 0 unspecified atom stereocenters. The van der Waals surface area contributed by atoms with Crippen LogP contribution in [0.3, 0.4) is 0 Å². The van der Waals surface area contributed by atoms with Crippen LogP contribution in [0.2, 0.25) is 5.02 Å². The first kappa shape index (κ1) is 14.8. The minimum atomic E-state index is 0.237. The van der Waals surface area contributed by atoms with Crippen molar-refractivity contribution in [3.8, 4) is 0 Å². The lowest BCUT2D eigenvalue weighted by Gasteiger charge is -2.19. The van der Waals surface area contributed by atoms with E-state index in [0.29, 0.717) is 5.02 Å². The summed E-state index contributed by atoms with van der Waals surface area (Å²) in [6.45, 7) is 2.16. The molecule has 0 N–H and O–H groups in total. The molecule has 0 bridgehead atoms. The van der Waals surface area contributed by atoms with E-state index in [2.05, 4.69) is 60.4 Å². The van der Waals surface area contributed by atoms with Gasteiger partial charge in [-0.05, 0) is 42.2 Å². The number of pyridine rings is 1. The van der Waals surface area contributed by atoms with E-state index in [1.165, 1.54) is 16.7 Å². The van der Waals surface area contributed by atoms with E-state index in [-0.39, 0.29) is 5.92 Å². The van der Waals surface area contributed by atoms with Crippen LogP contribution in [0, 0.1) is 6.92 Å². The van der Waals surface area contributed by atoms with Gasteiger partial charge in [0.1, 0.15) is 0 Å². The van der Waals surface area contributed by atoms with Gasteiger partial charge in [0, 0.05) is 17.8 Å². The average molecular weight is 308 g/mol. The zero-order valence-corrected chi connectivity index (χ0v) is 13.3. The first-order valence-corrected chi connectivity index (χ1v) is 7.83. The number of nitrogens with zero attached hydrogens (tertiary/aromatic N) is 1. The summed E-state index contributed by atoms with van der Waals surface area (Å²) < 4.78 is 0. The Labute approximate surface area is 136 Å². The van der Waals surface area contributed by atoms with Crippen molar-refractivity contribution in [3.05, 3.63) is 100 Å². The molecule has 0 fully saturated rings. The first-order valence-electron chi connectivity index (χ1n) is 7.45. The highest BCUT2D eigenvalue weighted by Crippen LogP contribution is 2.30. The monoisotopic (exact) mass is 307 g/mol. The molecule has 1 heterocycles. The number of hydrogen-bond donors (Lipinski definition) is 0. The molecule has 22 heavy (non-hydrogen) atoms. The summed E-state index contributed by atoms with van der Waals surface area (Å²) in [5, 5.41) is 0.673. The fraction of sp³-hybridized carbons (Fsp3) is 0.150. The highest BCUT2D eigenvalue weighted by molar-refractivity contribution is 6.30. The predicted molar refractivity (Wildman–Crippen MR) is 92.4 cm³/mol. The third-order valence-electron chi connectivity index (χ3n) is 3.95. The lowest BCUT2D eigenvalue weighted by molar-refractivity contribution is 0.768. The molecule has 110 valence electrons. The molecular weight excluding hydrogens is 290 g/mol. The molecule has 1 atom stereocenters. The summed E-state index contributed by atoms with van der Waals surface area (Å²) in [6, 6.07) is 23.0. The zero-order chi connectivity index (χ0) is 15.4. The zero-order valence-electron chi connectivity index (χ0n) is 12.5. The van der Waals surface area contributed by atoms with Crippen molar-refractivity contribution in [2.75, 3.05) is 0 Å². The van der Waals surface area contributed by atoms with Crippen LogP contribution in [0.25, 0.3) is 0 Å². The summed E-state index contributed by atoms with van der Waals surface area (Å²) in [5.74, 6) is 0.237. The number of aryl methyl sites for hydroxylation is 1. The maximum Gasteiger partial charge on any atom is 0.0589 e. The van der Waals surface area contributed by atoms with E-state index in [4.69, 9.17) is 11.6 Å². The Bertz CT molecular complexity index is 735. The maximum atomic E-state index is 5.99. The summed E-state index contributed by atoms with van der Waals surface area (Å²) in [4.78, 5) is 4.56. The standard InChI is InChI=1S/C20H18ClN/c1-15-7-5-6-10-18(15)19(13-16-8-3-2-4-9-16)20-12-11-17(21)14-22-20/h2-12,14,19H,13H2,1H3/t19-/m1/s1. The van der Waals surface area contributed by atoms with Crippen LogP contribution in [-0.2, 0) is 6.42 Å². The quantitative estimate of drug-likeness (QED) is 0.627. The van der Waals surface area contributed by atoms with Crippen LogP contribution in [-0.4, -0.2) is 4.98 Å². The van der Waals surface area contributed by atoms with Gasteiger partial charge in [0.2, 0.25) is 0 Å². The fourth-order valence-corrected chi connectivity index (χ4v) is 2.91. The molecule has 0 radical (unpaired) electrons. The van der Waals surface area contributed by atoms with Crippen molar-refractivity contribution < 1.29 is 0 Å². The molecule has 0 aliphatic heterocycles. The Balaban J connectivity index is 2.02. The van der Waals surface area contributed by atoms with Crippen LogP contribution in [0.4, 0.5) is 0 Å². The SMILES string of the molecule is Cc1ccccc1[C@@H](Cc1ccccc1)c1ccc(Cl)cn1. The summed E-state index contributed by atoms with van der Waals surface area (Å²) in [7, 11) is 0. The molecule has 3 rings (SSSR count). The Morgan fingerprint density at radius 3 is 2.32 bits per heavy atom. The van der Waals surface area contributed by atoms with E-state index in [9.17, 15) is 0 Å². The topological polar surface area (TPSA) is 12.9 Å². The van der Waals surface area contributed by atoms with Gasteiger partial charge >= 0.3 is 0 Å². The van der Waals surface area contributed by atoms with Gasteiger partial charge in [-0.1, -0.05) is 66.2 Å². The highest BCUT2D eigenvalue weighted by Gasteiger charge is 2.18. The van der Waals surface area contributed by atoms with Gasteiger partial charge < -0.3 is 0 Å². The molecule has 1 nitrogen and oxygen atoms in total. The third kappa shape index (κ3) is 3.37. The molecule has 0 amide bonds. The molecule has 3 aromatic rings. The van der Waals surface area contributed by atoms with Gasteiger partial charge in [-0.2, -0.15) is 0 Å². The first-order chi connectivity index (χ1) is 10.7. The summed E-state index contributed by atoms with van der Waals surface area (Å²) in [6.07, 6.45) is 2.66. The largest absolute Gasteiger partial charge is 0.259 e. The van der Waals surface area contributed by atoms with E-state index in [1.807, 2.05) is 18.2 Å². The number of rotatable bonds is 4. The summed E-state index contributed by atoms with van der Waals surface area (Å²) >= 11 is 5.99. The molecule has 0 saturated heterocycles. The second kappa shape index (κ2) is 6.76. The Hall–Kier alpha value is -2.12. The minimum absolute atomic E-state index is 0.237. The van der Waals surface area contributed by atoms with Crippen molar-refractivity contribution in [2.24, 2.45) is 0 Å². The second-order valence-corrected chi connectivity index (χ2v) is 5.94.